The Morgan fingerprint density at radius 3 is 2.50 bits per heavy atom. The van der Waals surface area contributed by atoms with Crippen molar-refractivity contribution in [3.05, 3.63) is 35.9 Å². The average Bonchev–Trinajstić information content (AvgIpc) is 2.17. The van der Waals surface area contributed by atoms with Gasteiger partial charge in [0.15, 0.2) is 0 Å². The van der Waals surface area contributed by atoms with E-state index in [-0.39, 0.29) is 18.0 Å². The fourth-order valence-corrected chi connectivity index (χ4v) is 1.64. The van der Waals surface area contributed by atoms with Crippen molar-refractivity contribution in [1.29, 1.82) is 0 Å². The minimum absolute atomic E-state index is 0.00231. The van der Waals surface area contributed by atoms with Crippen LogP contribution in [0.15, 0.2) is 30.3 Å². The predicted molar refractivity (Wildman–Crippen MR) is 54.9 cm³/mol. The van der Waals surface area contributed by atoms with Crippen LogP contribution in [0.4, 0.5) is 0 Å². The summed E-state index contributed by atoms with van der Waals surface area (Å²) in [4.78, 5) is 11.6. The lowest BCUT2D eigenvalue weighted by Crippen LogP contribution is -2.50. The Morgan fingerprint density at radius 2 is 1.93 bits per heavy atom. The number of rotatable bonds is 2. The maximum atomic E-state index is 11.6. The summed E-state index contributed by atoms with van der Waals surface area (Å²) in [7, 11) is 0. The fourth-order valence-electron chi connectivity index (χ4n) is 1.64. The van der Waals surface area contributed by atoms with Crippen LogP contribution in [0.1, 0.15) is 23.2 Å². The molecule has 0 unspecified atom stereocenters. The number of nitrogens with two attached hydrogens (primary N) is 1. The first-order chi connectivity index (χ1) is 6.75. The number of benzene rings is 1. The van der Waals surface area contributed by atoms with E-state index in [1.807, 2.05) is 30.3 Å². The van der Waals surface area contributed by atoms with E-state index in [4.69, 9.17) is 5.73 Å². The first kappa shape index (κ1) is 9.21. The molecule has 1 aromatic carbocycles. The Hall–Kier alpha value is -1.35. The van der Waals surface area contributed by atoms with Crippen LogP contribution in [0.3, 0.4) is 0 Å². The van der Waals surface area contributed by atoms with Crippen LogP contribution in [-0.2, 0) is 0 Å². The molecule has 1 aliphatic carbocycles. The highest BCUT2D eigenvalue weighted by atomic mass is 16.1. The molecule has 3 N–H and O–H groups in total. The van der Waals surface area contributed by atoms with E-state index in [2.05, 4.69) is 5.32 Å². The molecule has 1 saturated carbocycles. The van der Waals surface area contributed by atoms with Gasteiger partial charge >= 0.3 is 0 Å². The zero-order valence-electron chi connectivity index (χ0n) is 7.94. The maximum absolute atomic E-state index is 11.6. The van der Waals surface area contributed by atoms with Gasteiger partial charge in [-0.25, -0.2) is 0 Å². The summed E-state index contributed by atoms with van der Waals surface area (Å²) in [6.07, 6.45) is 1.80. The lowest BCUT2D eigenvalue weighted by atomic mass is 9.87. The molecule has 1 aromatic rings. The Balaban J connectivity index is 1.90. The SMILES string of the molecule is NC1CC(NC(=O)c2ccccc2)C1. The second kappa shape index (κ2) is 3.80. The summed E-state index contributed by atoms with van der Waals surface area (Å²) >= 11 is 0. The monoisotopic (exact) mass is 190 g/mol. The normalized spacial score (nSPS) is 25.2. The number of hydrogen-bond donors (Lipinski definition) is 2. The molecular weight excluding hydrogens is 176 g/mol. The molecule has 1 fully saturated rings. The molecule has 0 radical (unpaired) electrons. The van der Waals surface area contributed by atoms with E-state index in [1.54, 1.807) is 0 Å². The van der Waals surface area contributed by atoms with Gasteiger partial charge in [0.1, 0.15) is 0 Å². The van der Waals surface area contributed by atoms with Gasteiger partial charge in [0.2, 0.25) is 0 Å². The smallest absolute Gasteiger partial charge is 0.251 e. The summed E-state index contributed by atoms with van der Waals surface area (Å²) in [6.45, 7) is 0. The van der Waals surface area contributed by atoms with Crippen LogP contribution < -0.4 is 11.1 Å². The van der Waals surface area contributed by atoms with E-state index >= 15 is 0 Å². The number of nitrogens with one attached hydrogen (secondary N) is 1. The van der Waals surface area contributed by atoms with Gasteiger partial charge in [-0.2, -0.15) is 0 Å². The zero-order chi connectivity index (χ0) is 9.97. The van der Waals surface area contributed by atoms with Gasteiger partial charge in [-0.3, -0.25) is 4.79 Å². The predicted octanol–water partition coefficient (Wildman–Crippen LogP) is 0.906. The minimum atomic E-state index is 0.00231. The highest BCUT2D eigenvalue weighted by Gasteiger charge is 2.27. The first-order valence-electron chi connectivity index (χ1n) is 4.87. The van der Waals surface area contributed by atoms with Crippen molar-refractivity contribution < 1.29 is 4.79 Å². The van der Waals surface area contributed by atoms with E-state index in [0.717, 1.165) is 12.8 Å². The largest absolute Gasteiger partial charge is 0.349 e. The maximum Gasteiger partial charge on any atom is 0.251 e. The quantitative estimate of drug-likeness (QED) is 0.728. The second-order valence-corrected chi connectivity index (χ2v) is 3.77. The highest BCUT2D eigenvalue weighted by molar-refractivity contribution is 5.94. The Bertz CT molecular complexity index is 317. The van der Waals surface area contributed by atoms with Crippen molar-refractivity contribution in [2.45, 2.75) is 24.9 Å². The van der Waals surface area contributed by atoms with Gasteiger partial charge in [-0.15, -0.1) is 0 Å². The molecule has 0 heterocycles. The third-order valence-electron chi connectivity index (χ3n) is 2.55. The Morgan fingerprint density at radius 1 is 1.29 bits per heavy atom. The summed E-state index contributed by atoms with van der Waals surface area (Å²) in [5, 5.41) is 2.94. The molecule has 0 spiro atoms. The molecule has 0 atom stereocenters. The number of carbonyl (C=O) groups is 1. The highest BCUT2D eigenvalue weighted by Crippen LogP contribution is 2.17. The molecule has 0 aliphatic heterocycles. The number of amides is 1. The van der Waals surface area contributed by atoms with E-state index in [9.17, 15) is 4.79 Å². The summed E-state index contributed by atoms with van der Waals surface area (Å²) in [6, 6.07) is 9.80. The van der Waals surface area contributed by atoms with Gasteiger partial charge in [0.25, 0.3) is 5.91 Å². The van der Waals surface area contributed by atoms with Crippen LogP contribution >= 0.6 is 0 Å². The van der Waals surface area contributed by atoms with Gasteiger partial charge in [-0.1, -0.05) is 18.2 Å². The molecule has 0 bridgehead atoms. The van der Waals surface area contributed by atoms with Crippen LogP contribution in [0, 0.1) is 0 Å². The molecule has 2 rings (SSSR count). The summed E-state index contributed by atoms with van der Waals surface area (Å²) in [5.74, 6) is 0.00231. The molecular formula is C11H14N2O. The Kier molecular flexibility index (Phi) is 2.50. The minimum Gasteiger partial charge on any atom is -0.349 e. The third kappa shape index (κ3) is 1.93. The van der Waals surface area contributed by atoms with Crippen LogP contribution in [0.25, 0.3) is 0 Å². The standard InChI is InChI=1S/C11H14N2O/c12-9-6-10(7-9)13-11(14)8-4-2-1-3-5-8/h1-5,9-10H,6-7,12H2,(H,13,14). The van der Waals surface area contributed by atoms with Crippen LogP contribution in [0.2, 0.25) is 0 Å². The second-order valence-electron chi connectivity index (χ2n) is 3.77. The van der Waals surface area contributed by atoms with Crippen molar-refractivity contribution in [3.8, 4) is 0 Å². The summed E-state index contributed by atoms with van der Waals surface area (Å²) in [5.41, 5.74) is 6.35. The molecule has 74 valence electrons. The van der Waals surface area contributed by atoms with E-state index in [0.29, 0.717) is 5.56 Å². The lowest BCUT2D eigenvalue weighted by molar-refractivity contribution is 0.0910. The van der Waals surface area contributed by atoms with Crippen molar-refractivity contribution in [2.75, 3.05) is 0 Å². The van der Waals surface area contributed by atoms with Crippen molar-refractivity contribution in [3.63, 3.8) is 0 Å². The molecule has 1 amide bonds. The van der Waals surface area contributed by atoms with Gasteiger partial charge in [0.05, 0.1) is 0 Å². The van der Waals surface area contributed by atoms with Gasteiger partial charge in [-0.05, 0) is 25.0 Å². The topological polar surface area (TPSA) is 55.1 Å². The summed E-state index contributed by atoms with van der Waals surface area (Å²) < 4.78 is 0. The van der Waals surface area contributed by atoms with Crippen LogP contribution in [0.5, 0.6) is 0 Å². The molecule has 0 aromatic heterocycles. The fraction of sp³-hybridized carbons (Fsp3) is 0.364. The zero-order valence-corrected chi connectivity index (χ0v) is 7.94. The van der Waals surface area contributed by atoms with Gasteiger partial charge in [0, 0.05) is 17.6 Å². The van der Waals surface area contributed by atoms with Crippen molar-refractivity contribution >= 4 is 5.91 Å². The Labute approximate surface area is 83.3 Å². The number of carbonyl (C=O) groups excluding carboxylic acids is 1. The van der Waals surface area contributed by atoms with Crippen LogP contribution in [-0.4, -0.2) is 18.0 Å². The molecule has 0 saturated heterocycles. The average molecular weight is 190 g/mol. The molecule has 1 aliphatic rings. The first-order valence-corrected chi connectivity index (χ1v) is 4.87. The lowest BCUT2D eigenvalue weighted by Gasteiger charge is -2.32. The third-order valence-corrected chi connectivity index (χ3v) is 2.55. The van der Waals surface area contributed by atoms with E-state index < -0.39 is 0 Å². The number of hydrogen-bond acceptors (Lipinski definition) is 2. The van der Waals surface area contributed by atoms with Crippen molar-refractivity contribution in [1.82, 2.24) is 5.32 Å². The molecule has 3 nitrogen and oxygen atoms in total. The van der Waals surface area contributed by atoms with E-state index in [1.165, 1.54) is 0 Å². The molecule has 3 heteroatoms. The van der Waals surface area contributed by atoms with Gasteiger partial charge < -0.3 is 11.1 Å². The van der Waals surface area contributed by atoms with Crippen molar-refractivity contribution in [2.24, 2.45) is 5.73 Å². The molecule has 14 heavy (non-hydrogen) atoms.